The van der Waals surface area contributed by atoms with Gasteiger partial charge in [-0.2, -0.15) is 0 Å². The van der Waals surface area contributed by atoms with E-state index in [1.165, 1.54) is 0 Å². The van der Waals surface area contributed by atoms with Crippen LogP contribution in [0, 0.1) is 0 Å². The Hall–Kier alpha value is -0.770. The minimum atomic E-state index is -0.438. The van der Waals surface area contributed by atoms with E-state index in [-0.39, 0.29) is 18.2 Å². The first kappa shape index (κ1) is 11.3. The van der Waals surface area contributed by atoms with Gasteiger partial charge in [-0.05, 0) is 40.0 Å². The second-order valence-corrected chi connectivity index (χ2v) is 4.85. The van der Waals surface area contributed by atoms with Crippen LogP contribution in [0.1, 0.15) is 40.0 Å². The molecule has 0 bridgehead atoms. The molecule has 1 rings (SSSR count). The predicted molar refractivity (Wildman–Crippen MR) is 55.0 cm³/mol. The molecule has 0 radical (unpaired) electrons. The molecule has 0 saturated heterocycles. The molecule has 1 saturated carbocycles. The standard InChI is InChI=1S/C10H20N2O2/c1-10(2,3)14-9(13)12-8-6-4-5-7(8)11/h7-8H,4-6,11H2,1-3H3,(H,12,13)/t7-,8+/m0/s1. The van der Waals surface area contributed by atoms with Crippen LogP contribution >= 0.6 is 0 Å². The molecule has 1 aliphatic rings. The summed E-state index contributed by atoms with van der Waals surface area (Å²) >= 11 is 0. The molecule has 0 heterocycles. The maximum atomic E-state index is 11.4. The number of nitrogens with two attached hydrogens (primary N) is 1. The lowest BCUT2D eigenvalue weighted by atomic mass is 10.2. The molecule has 1 fully saturated rings. The van der Waals surface area contributed by atoms with Gasteiger partial charge in [0.05, 0.1) is 0 Å². The highest BCUT2D eigenvalue weighted by Gasteiger charge is 2.27. The third kappa shape index (κ3) is 3.54. The smallest absolute Gasteiger partial charge is 0.407 e. The van der Waals surface area contributed by atoms with Crippen LogP contribution in [-0.4, -0.2) is 23.8 Å². The monoisotopic (exact) mass is 200 g/mol. The topological polar surface area (TPSA) is 64.3 Å². The number of hydrogen-bond acceptors (Lipinski definition) is 3. The van der Waals surface area contributed by atoms with Gasteiger partial charge >= 0.3 is 6.09 Å². The van der Waals surface area contributed by atoms with E-state index >= 15 is 0 Å². The zero-order valence-electron chi connectivity index (χ0n) is 9.17. The van der Waals surface area contributed by atoms with E-state index in [1.54, 1.807) is 0 Å². The van der Waals surface area contributed by atoms with Crippen molar-refractivity contribution in [1.82, 2.24) is 5.32 Å². The van der Waals surface area contributed by atoms with E-state index in [2.05, 4.69) is 5.32 Å². The number of amides is 1. The van der Waals surface area contributed by atoms with Crippen molar-refractivity contribution in [2.75, 3.05) is 0 Å². The minimum Gasteiger partial charge on any atom is -0.444 e. The van der Waals surface area contributed by atoms with E-state index in [1.807, 2.05) is 20.8 Å². The summed E-state index contributed by atoms with van der Waals surface area (Å²) in [5.74, 6) is 0. The number of hydrogen-bond donors (Lipinski definition) is 2. The van der Waals surface area contributed by atoms with Crippen LogP contribution < -0.4 is 11.1 Å². The van der Waals surface area contributed by atoms with Gasteiger partial charge in [-0.3, -0.25) is 0 Å². The van der Waals surface area contributed by atoms with Crippen LogP contribution in [0.15, 0.2) is 0 Å². The summed E-state index contributed by atoms with van der Waals surface area (Å²) in [6, 6.07) is 0.173. The van der Waals surface area contributed by atoms with Crippen molar-refractivity contribution in [1.29, 1.82) is 0 Å². The lowest BCUT2D eigenvalue weighted by Gasteiger charge is -2.23. The summed E-state index contributed by atoms with van der Waals surface area (Å²) in [5.41, 5.74) is 5.38. The molecule has 0 aromatic rings. The largest absolute Gasteiger partial charge is 0.444 e. The number of nitrogens with one attached hydrogen (secondary N) is 1. The second-order valence-electron chi connectivity index (χ2n) is 4.85. The van der Waals surface area contributed by atoms with E-state index in [4.69, 9.17) is 10.5 Å². The van der Waals surface area contributed by atoms with Crippen LogP contribution in [0.25, 0.3) is 0 Å². The fourth-order valence-electron chi connectivity index (χ4n) is 1.63. The number of alkyl carbamates (subject to hydrolysis) is 1. The highest BCUT2D eigenvalue weighted by atomic mass is 16.6. The molecule has 3 N–H and O–H groups in total. The Morgan fingerprint density at radius 3 is 2.50 bits per heavy atom. The molecule has 4 nitrogen and oxygen atoms in total. The maximum absolute atomic E-state index is 11.4. The van der Waals surface area contributed by atoms with Crippen molar-refractivity contribution in [3.63, 3.8) is 0 Å². The van der Waals surface area contributed by atoms with Crippen LogP contribution in [0.4, 0.5) is 4.79 Å². The van der Waals surface area contributed by atoms with Crippen LogP contribution in [0.3, 0.4) is 0 Å². The van der Waals surface area contributed by atoms with E-state index < -0.39 is 5.60 Å². The molecule has 0 spiro atoms. The Kier molecular flexibility index (Phi) is 3.37. The molecule has 14 heavy (non-hydrogen) atoms. The van der Waals surface area contributed by atoms with Crippen molar-refractivity contribution in [2.24, 2.45) is 5.73 Å². The van der Waals surface area contributed by atoms with Crippen molar-refractivity contribution in [2.45, 2.75) is 57.7 Å². The quantitative estimate of drug-likeness (QED) is 0.672. The summed E-state index contributed by atoms with van der Waals surface area (Å²) in [5, 5.41) is 2.80. The Morgan fingerprint density at radius 1 is 1.43 bits per heavy atom. The molecule has 1 aliphatic carbocycles. The van der Waals surface area contributed by atoms with E-state index in [9.17, 15) is 4.79 Å². The van der Waals surface area contributed by atoms with Crippen molar-refractivity contribution < 1.29 is 9.53 Å². The molecule has 0 aliphatic heterocycles. The summed E-state index contributed by atoms with van der Waals surface area (Å²) in [6.07, 6.45) is 2.67. The summed E-state index contributed by atoms with van der Waals surface area (Å²) in [6.45, 7) is 5.55. The Balaban J connectivity index is 2.33. The van der Waals surface area contributed by atoms with Crippen molar-refractivity contribution in [3.8, 4) is 0 Å². The first-order chi connectivity index (χ1) is 6.38. The number of carbonyl (C=O) groups excluding carboxylic acids is 1. The minimum absolute atomic E-state index is 0.0857. The van der Waals surface area contributed by atoms with Gasteiger partial charge in [-0.15, -0.1) is 0 Å². The molecular weight excluding hydrogens is 180 g/mol. The van der Waals surface area contributed by atoms with Crippen LogP contribution in [-0.2, 0) is 4.74 Å². The molecule has 82 valence electrons. The Bertz CT molecular complexity index is 211. The zero-order valence-corrected chi connectivity index (χ0v) is 9.17. The van der Waals surface area contributed by atoms with E-state index in [0.717, 1.165) is 19.3 Å². The van der Waals surface area contributed by atoms with Crippen molar-refractivity contribution in [3.05, 3.63) is 0 Å². The molecular formula is C10H20N2O2. The van der Waals surface area contributed by atoms with Crippen LogP contribution in [0.5, 0.6) is 0 Å². The SMILES string of the molecule is CC(C)(C)OC(=O)N[C@@H]1CCC[C@@H]1N. The van der Waals surface area contributed by atoms with Gasteiger partial charge in [0.2, 0.25) is 0 Å². The highest BCUT2D eigenvalue weighted by Crippen LogP contribution is 2.17. The first-order valence-corrected chi connectivity index (χ1v) is 5.13. The molecule has 2 atom stereocenters. The third-order valence-corrected chi connectivity index (χ3v) is 2.27. The van der Waals surface area contributed by atoms with Gasteiger partial charge in [0, 0.05) is 12.1 Å². The fraction of sp³-hybridized carbons (Fsp3) is 0.900. The summed E-state index contributed by atoms with van der Waals surface area (Å²) in [4.78, 5) is 11.4. The van der Waals surface area contributed by atoms with Gasteiger partial charge in [0.15, 0.2) is 0 Å². The Labute approximate surface area is 85.2 Å². The second kappa shape index (κ2) is 4.17. The van der Waals surface area contributed by atoms with Gasteiger partial charge in [-0.1, -0.05) is 0 Å². The average molecular weight is 200 g/mol. The lowest BCUT2D eigenvalue weighted by molar-refractivity contribution is 0.0501. The summed E-state index contributed by atoms with van der Waals surface area (Å²) < 4.78 is 5.14. The number of ether oxygens (including phenoxy) is 1. The van der Waals surface area contributed by atoms with Crippen molar-refractivity contribution >= 4 is 6.09 Å². The first-order valence-electron chi connectivity index (χ1n) is 5.13. The third-order valence-electron chi connectivity index (χ3n) is 2.27. The molecule has 0 aromatic carbocycles. The van der Waals surface area contributed by atoms with Gasteiger partial charge in [0.25, 0.3) is 0 Å². The number of rotatable bonds is 1. The molecule has 4 heteroatoms. The molecule has 1 amide bonds. The summed E-state index contributed by atoms with van der Waals surface area (Å²) in [7, 11) is 0. The predicted octanol–water partition coefficient (Wildman–Crippen LogP) is 1.39. The van der Waals surface area contributed by atoms with E-state index in [0.29, 0.717) is 0 Å². The zero-order chi connectivity index (χ0) is 10.8. The normalized spacial score (nSPS) is 27.4. The van der Waals surface area contributed by atoms with Crippen LogP contribution in [0.2, 0.25) is 0 Å². The Morgan fingerprint density at radius 2 is 2.07 bits per heavy atom. The average Bonchev–Trinajstić information content (AvgIpc) is 2.32. The number of carbonyl (C=O) groups is 1. The fourth-order valence-corrected chi connectivity index (χ4v) is 1.63. The van der Waals surface area contributed by atoms with Gasteiger partial charge in [0.1, 0.15) is 5.60 Å². The highest BCUT2D eigenvalue weighted by molar-refractivity contribution is 5.68. The maximum Gasteiger partial charge on any atom is 0.407 e. The van der Waals surface area contributed by atoms with Gasteiger partial charge in [-0.25, -0.2) is 4.79 Å². The molecule has 0 unspecified atom stereocenters. The molecule has 0 aromatic heterocycles. The lowest BCUT2D eigenvalue weighted by Crippen LogP contribution is -2.45. The van der Waals surface area contributed by atoms with Gasteiger partial charge < -0.3 is 15.8 Å².